The molecule has 1 saturated heterocycles. The summed E-state index contributed by atoms with van der Waals surface area (Å²) in [6.07, 6.45) is 8.80. The molecule has 1 aliphatic heterocycles. The van der Waals surface area contributed by atoms with Crippen LogP contribution in [0.25, 0.3) is 17.2 Å². The first-order chi connectivity index (χ1) is 13.8. The maximum absolute atomic E-state index is 4.85. The van der Waals surface area contributed by atoms with Crippen molar-refractivity contribution >= 4 is 23.4 Å². The van der Waals surface area contributed by atoms with Crippen LogP contribution in [0, 0.1) is 0 Å². The molecule has 1 aliphatic carbocycles. The molecule has 28 heavy (non-hydrogen) atoms. The van der Waals surface area contributed by atoms with Crippen LogP contribution >= 0.6 is 11.8 Å². The summed E-state index contributed by atoms with van der Waals surface area (Å²) in [7, 11) is 0. The summed E-state index contributed by atoms with van der Waals surface area (Å²) in [5, 5.41) is 10.0. The van der Waals surface area contributed by atoms with Crippen LogP contribution in [0.4, 0.5) is 5.82 Å². The molecule has 1 saturated carbocycles. The van der Waals surface area contributed by atoms with Gasteiger partial charge >= 0.3 is 0 Å². The first-order valence-corrected chi connectivity index (χ1v) is 11.0. The first-order valence-electron chi connectivity index (χ1n) is 10.1. The predicted molar refractivity (Wildman–Crippen MR) is 112 cm³/mol. The topological polar surface area (TPSA) is 71.2 Å². The highest BCUT2D eigenvalue weighted by molar-refractivity contribution is 7.99. The number of nitrogens with zero attached hydrogens (tertiary/aromatic N) is 6. The fourth-order valence-corrected chi connectivity index (χ4v) is 5.27. The monoisotopic (exact) mass is 395 g/mol. The van der Waals surface area contributed by atoms with Crippen molar-refractivity contribution in [3.05, 3.63) is 30.6 Å². The van der Waals surface area contributed by atoms with Gasteiger partial charge in [0.1, 0.15) is 10.8 Å². The highest BCUT2D eigenvalue weighted by Gasteiger charge is 2.23. The van der Waals surface area contributed by atoms with E-state index in [9.17, 15) is 0 Å². The number of hydrogen-bond donors (Lipinski definition) is 1. The molecule has 4 heterocycles. The molecule has 5 rings (SSSR count). The quantitative estimate of drug-likeness (QED) is 0.681. The van der Waals surface area contributed by atoms with E-state index in [1.807, 2.05) is 28.4 Å². The third kappa shape index (κ3) is 3.58. The molecule has 7 nitrogen and oxygen atoms in total. The molecule has 3 aromatic rings. The maximum Gasteiger partial charge on any atom is 0.255 e. The molecule has 1 unspecified atom stereocenters. The van der Waals surface area contributed by atoms with Crippen LogP contribution in [0.5, 0.6) is 0 Å². The third-order valence-electron chi connectivity index (χ3n) is 5.47. The molecular weight excluding hydrogens is 370 g/mol. The molecule has 1 N–H and O–H groups in total. The zero-order chi connectivity index (χ0) is 18.9. The van der Waals surface area contributed by atoms with Gasteiger partial charge < -0.3 is 10.2 Å². The Kier molecular flexibility index (Phi) is 4.90. The molecule has 0 aromatic carbocycles. The minimum atomic E-state index is 0.448. The summed E-state index contributed by atoms with van der Waals surface area (Å²) in [5.41, 5.74) is 0.914. The number of rotatable bonds is 4. The van der Waals surface area contributed by atoms with Crippen molar-refractivity contribution in [2.75, 3.05) is 24.5 Å². The Morgan fingerprint density at radius 3 is 2.89 bits per heavy atom. The second kappa shape index (κ2) is 7.67. The van der Waals surface area contributed by atoms with Gasteiger partial charge in [-0.2, -0.15) is 9.50 Å². The van der Waals surface area contributed by atoms with Crippen molar-refractivity contribution in [1.29, 1.82) is 0 Å². The number of anilines is 1. The van der Waals surface area contributed by atoms with Crippen molar-refractivity contribution in [3.8, 4) is 11.4 Å². The lowest BCUT2D eigenvalue weighted by atomic mass is 10.2. The van der Waals surface area contributed by atoms with Gasteiger partial charge in [0.05, 0.1) is 0 Å². The number of thioether (sulfide) groups is 1. The summed E-state index contributed by atoms with van der Waals surface area (Å²) >= 11 is 1.90. The maximum atomic E-state index is 4.85. The van der Waals surface area contributed by atoms with Gasteiger partial charge in [-0.1, -0.05) is 12.8 Å². The molecule has 0 amide bonds. The molecule has 0 radical (unpaired) electrons. The van der Waals surface area contributed by atoms with Crippen molar-refractivity contribution in [3.63, 3.8) is 0 Å². The fraction of sp³-hybridized carbons (Fsp3) is 0.500. The van der Waals surface area contributed by atoms with Crippen LogP contribution < -0.4 is 10.2 Å². The second-order valence-corrected chi connectivity index (χ2v) is 8.99. The van der Waals surface area contributed by atoms with Crippen molar-refractivity contribution < 1.29 is 0 Å². The molecule has 2 aliphatic rings. The smallest absolute Gasteiger partial charge is 0.255 e. The van der Waals surface area contributed by atoms with Gasteiger partial charge in [0.15, 0.2) is 5.82 Å². The predicted octanol–water partition coefficient (Wildman–Crippen LogP) is 3.02. The Balaban J connectivity index is 1.57. The largest absolute Gasteiger partial charge is 0.354 e. The van der Waals surface area contributed by atoms with Crippen molar-refractivity contribution in [2.24, 2.45) is 0 Å². The van der Waals surface area contributed by atoms with Gasteiger partial charge in [0, 0.05) is 54.9 Å². The average Bonchev–Trinajstić information content (AvgIpc) is 3.38. The van der Waals surface area contributed by atoms with Gasteiger partial charge in [-0.15, -0.1) is 16.9 Å². The minimum absolute atomic E-state index is 0.448. The van der Waals surface area contributed by atoms with E-state index in [4.69, 9.17) is 15.1 Å². The summed E-state index contributed by atoms with van der Waals surface area (Å²) in [4.78, 5) is 16.2. The number of hydrogen-bond acceptors (Lipinski definition) is 7. The van der Waals surface area contributed by atoms with Crippen LogP contribution in [0.2, 0.25) is 0 Å². The molecule has 0 bridgehead atoms. The molecule has 8 heteroatoms. The van der Waals surface area contributed by atoms with E-state index in [1.54, 1.807) is 12.4 Å². The van der Waals surface area contributed by atoms with Crippen LogP contribution in [0.3, 0.4) is 0 Å². The number of nitrogens with one attached hydrogen (secondary N) is 1. The molecule has 146 valence electrons. The lowest BCUT2D eigenvalue weighted by Gasteiger charge is -2.33. The summed E-state index contributed by atoms with van der Waals surface area (Å²) in [6.45, 7) is 5.11. The van der Waals surface area contributed by atoms with E-state index in [1.165, 1.54) is 25.7 Å². The van der Waals surface area contributed by atoms with Gasteiger partial charge in [-0.3, -0.25) is 4.98 Å². The standard InChI is InChI=1S/C20H25N7S/c1-14-13-26(10-9-22-14)18-11-17(28-16-6-2-3-7-16)23-20-24-19(25-27(18)20)15-5-4-8-21-12-15/h4-5,8,11-12,14,16,22H,2-3,6-7,9-10,13H2,1H3. The molecular formula is C20H25N7S. The normalized spacial score (nSPS) is 20.9. The van der Waals surface area contributed by atoms with Crippen LogP contribution in [0.15, 0.2) is 35.6 Å². The number of fused-ring (bicyclic) bond motifs is 1. The minimum Gasteiger partial charge on any atom is -0.354 e. The van der Waals surface area contributed by atoms with Crippen molar-refractivity contribution in [2.45, 2.75) is 48.9 Å². The Morgan fingerprint density at radius 2 is 2.11 bits per heavy atom. The van der Waals surface area contributed by atoms with Crippen LogP contribution in [0.1, 0.15) is 32.6 Å². The number of pyridine rings is 1. The Morgan fingerprint density at radius 1 is 1.21 bits per heavy atom. The highest BCUT2D eigenvalue weighted by atomic mass is 32.2. The Bertz CT molecular complexity index is 952. The van der Waals surface area contributed by atoms with E-state index in [-0.39, 0.29) is 0 Å². The SMILES string of the molecule is CC1CN(c2cc(SC3CCCC3)nc3nc(-c4cccnc4)nn23)CCN1. The zero-order valence-corrected chi connectivity index (χ0v) is 16.9. The van der Waals surface area contributed by atoms with Gasteiger partial charge in [0.25, 0.3) is 5.78 Å². The lowest BCUT2D eigenvalue weighted by Crippen LogP contribution is -2.49. The second-order valence-electron chi connectivity index (χ2n) is 7.67. The zero-order valence-electron chi connectivity index (χ0n) is 16.1. The fourth-order valence-electron chi connectivity index (χ4n) is 4.05. The average molecular weight is 396 g/mol. The lowest BCUT2D eigenvalue weighted by molar-refractivity contribution is 0.479. The molecule has 1 atom stereocenters. The van der Waals surface area contributed by atoms with E-state index >= 15 is 0 Å². The van der Waals surface area contributed by atoms with Crippen molar-refractivity contribution in [1.82, 2.24) is 29.9 Å². The van der Waals surface area contributed by atoms with Gasteiger partial charge in [-0.05, 0) is 31.9 Å². The van der Waals surface area contributed by atoms with Crippen LogP contribution in [-0.2, 0) is 0 Å². The van der Waals surface area contributed by atoms with E-state index < -0.39 is 0 Å². The van der Waals surface area contributed by atoms with E-state index in [2.05, 4.69) is 28.2 Å². The molecule has 3 aromatic heterocycles. The van der Waals surface area contributed by atoms with Gasteiger partial charge in [0.2, 0.25) is 0 Å². The van der Waals surface area contributed by atoms with Crippen LogP contribution in [-0.4, -0.2) is 55.5 Å². The summed E-state index contributed by atoms with van der Waals surface area (Å²) in [5.74, 6) is 2.43. The Hall–Kier alpha value is -2.19. The first kappa shape index (κ1) is 17.9. The molecule has 2 fully saturated rings. The number of piperazine rings is 1. The highest BCUT2D eigenvalue weighted by Crippen LogP contribution is 2.35. The molecule has 0 spiro atoms. The van der Waals surface area contributed by atoms with Gasteiger partial charge in [-0.25, -0.2) is 4.98 Å². The summed E-state index contributed by atoms with van der Waals surface area (Å²) in [6, 6.07) is 6.55. The summed E-state index contributed by atoms with van der Waals surface area (Å²) < 4.78 is 1.90. The third-order valence-corrected chi connectivity index (χ3v) is 6.73. The number of aromatic nitrogens is 5. The van der Waals surface area contributed by atoms with E-state index in [0.717, 1.165) is 36.0 Å². The van der Waals surface area contributed by atoms with E-state index in [0.29, 0.717) is 22.9 Å². The Labute approximate surface area is 169 Å².